The van der Waals surface area contributed by atoms with Gasteiger partial charge in [-0.25, -0.2) is 0 Å². The summed E-state index contributed by atoms with van der Waals surface area (Å²) in [5.41, 5.74) is 5.99. The monoisotopic (exact) mass is 262 g/mol. The summed E-state index contributed by atoms with van der Waals surface area (Å²) in [6, 6.07) is 3.84. The van der Waals surface area contributed by atoms with Crippen LogP contribution in [0.1, 0.15) is 30.2 Å². The Morgan fingerprint density at radius 1 is 1.39 bits per heavy atom. The molecule has 4 rings (SSSR count). The Morgan fingerprint density at radius 2 is 2.11 bits per heavy atom. The van der Waals surface area contributed by atoms with Gasteiger partial charge in [-0.05, 0) is 54.4 Å². The van der Waals surface area contributed by atoms with E-state index in [0.717, 1.165) is 28.5 Å². The first-order valence-electron chi connectivity index (χ1n) is 6.85. The zero-order chi connectivity index (χ0) is 12.3. The summed E-state index contributed by atoms with van der Waals surface area (Å²) in [4.78, 5) is 13.1. The summed E-state index contributed by atoms with van der Waals surface area (Å²) in [6.45, 7) is 0. The number of fused-ring (bicyclic) bond motifs is 5. The number of rotatable bonds is 3. The van der Waals surface area contributed by atoms with Gasteiger partial charge in [0.05, 0.1) is 0 Å². The molecule has 4 heteroatoms. The Morgan fingerprint density at radius 3 is 2.72 bits per heavy atom. The van der Waals surface area contributed by atoms with E-state index in [4.69, 9.17) is 5.73 Å². The molecule has 3 aliphatic rings. The molecule has 0 radical (unpaired) electrons. The molecule has 0 spiro atoms. The fourth-order valence-corrected chi connectivity index (χ4v) is 5.09. The minimum absolute atomic E-state index is 0.0104. The SMILES string of the molecule is NC(C(=O)NC1C2C3CCC(C3)C12)c1cccs1. The third-order valence-electron chi connectivity index (χ3n) is 5.18. The Kier molecular flexibility index (Phi) is 2.33. The van der Waals surface area contributed by atoms with Gasteiger partial charge in [-0.15, -0.1) is 11.3 Å². The van der Waals surface area contributed by atoms with Crippen LogP contribution in [0.2, 0.25) is 0 Å². The molecule has 3 aliphatic carbocycles. The number of nitrogens with one attached hydrogen (secondary N) is 1. The van der Waals surface area contributed by atoms with Crippen LogP contribution in [-0.4, -0.2) is 11.9 Å². The topological polar surface area (TPSA) is 55.1 Å². The van der Waals surface area contributed by atoms with E-state index in [9.17, 15) is 4.79 Å². The summed E-state index contributed by atoms with van der Waals surface area (Å²) in [7, 11) is 0. The van der Waals surface area contributed by atoms with Crippen molar-refractivity contribution in [3.8, 4) is 0 Å². The van der Waals surface area contributed by atoms with E-state index in [1.54, 1.807) is 11.3 Å². The zero-order valence-corrected chi connectivity index (χ0v) is 11.0. The molecule has 5 atom stereocenters. The highest BCUT2D eigenvalue weighted by Gasteiger charge is 2.65. The molecule has 5 unspecified atom stereocenters. The van der Waals surface area contributed by atoms with Gasteiger partial charge >= 0.3 is 0 Å². The van der Waals surface area contributed by atoms with Crippen LogP contribution in [0.5, 0.6) is 0 Å². The summed E-state index contributed by atoms with van der Waals surface area (Å²) >= 11 is 1.56. The average molecular weight is 262 g/mol. The number of hydrogen-bond acceptors (Lipinski definition) is 3. The molecule has 3 fully saturated rings. The molecule has 0 aliphatic heterocycles. The van der Waals surface area contributed by atoms with Crippen molar-refractivity contribution >= 4 is 17.2 Å². The van der Waals surface area contributed by atoms with E-state index in [1.807, 2.05) is 17.5 Å². The third kappa shape index (κ3) is 1.48. The fraction of sp³-hybridized carbons (Fsp3) is 0.643. The Labute approximate surface area is 111 Å². The highest BCUT2D eigenvalue weighted by atomic mass is 32.1. The number of carbonyl (C=O) groups excluding carboxylic acids is 1. The molecule has 3 N–H and O–H groups in total. The van der Waals surface area contributed by atoms with Crippen molar-refractivity contribution in [2.45, 2.75) is 31.3 Å². The lowest BCUT2D eigenvalue weighted by Gasteiger charge is -2.14. The number of amides is 1. The number of hydrogen-bond donors (Lipinski definition) is 2. The minimum Gasteiger partial charge on any atom is -0.351 e. The molecule has 3 nitrogen and oxygen atoms in total. The molecule has 0 aromatic carbocycles. The standard InChI is InChI=1S/C14H18N2OS/c15-12(9-2-1-5-18-9)14(17)16-13-10-7-3-4-8(6-7)11(10)13/h1-2,5,7-8,10-13H,3-4,6,15H2,(H,16,17). The zero-order valence-electron chi connectivity index (χ0n) is 10.2. The number of thiophene rings is 1. The molecule has 3 saturated carbocycles. The third-order valence-corrected chi connectivity index (χ3v) is 6.13. The van der Waals surface area contributed by atoms with Crippen LogP contribution in [0.4, 0.5) is 0 Å². The maximum Gasteiger partial charge on any atom is 0.242 e. The lowest BCUT2D eigenvalue weighted by atomic mass is 10.0. The Hall–Kier alpha value is -0.870. The molecule has 1 heterocycles. The van der Waals surface area contributed by atoms with Crippen molar-refractivity contribution in [2.24, 2.45) is 29.4 Å². The molecular formula is C14H18N2OS. The lowest BCUT2D eigenvalue weighted by Crippen LogP contribution is -2.37. The molecule has 18 heavy (non-hydrogen) atoms. The quantitative estimate of drug-likeness (QED) is 0.874. The second kappa shape index (κ2) is 3.81. The fourth-order valence-electron chi connectivity index (χ4n) is 4.37. The molecule has 1 aromatic rings. The predicted molar refractivity (Wildman–Crippen MR) is 71.0 cm³/mol. The number of carbonyl (C=O) groups is 1. The van der Waals surface area contributed by atoms with Gasteiger partial charge in [0.2, 0.25) is 5.91 Å². The van der Waals surface area contributed by atoms with Gasteiger partial charge in [0.25, 0.3) is 0 Å². The largest absolute Gasteiger partial charge is 0.351 e. The maximum atomic E-state index is 12.1. The first kappa shape index (κ1) is 11.0. The summed E-state index contributed by atoms with van der Waals surface area (Å²) in [6.07, 6.45) is 4.18. The van der Waals surface area contributed by atoms with Crippen molar-refractivity contribution in [3.63, 3.8) is 0 Å². The van der Waals surface area contributed by atoms with Gasteiger partial charge in [-0.3, -0.25) is 4.79 Å². The van der Waals surface area contributed by atoms with Gasteiger partial charge < -0.3 is 11.1 Å². The maximum absolute atomic E-state index is 12.1. The molecule has 2 bridgehead atoms. The van der Waals surface area contributed by atoms with Crippen molar-refractivity contribution in [1.82, 2.24) is 5.32 Å². The van der Waals surface area contributed by atoms with Gasteiger partial charge in [0, 0.05) is 10.9 Å². The Balaban J connectivity index is 1.40. The molecular weight excluding hydrogens is 244 g/mol. The van der Waals surface area contributed by atoms with Crippen molar-refractivity contribution in [2.75, 3.05) is 0 Å². The van der Waals surface area contributed by atoms with Gasteiger partial charge in [0.15, 0.2) is 0 Å². The second-order valence-corrected chi connectivity index (χ2v) is 6.99. The van der Waals surface area contributed by atoms with Crippen LogP contribution < -0.4 is 11.1 Å². The predicted octanol–water partition coefficient (Wildman–Crippen LogP) is 1.91. The van der Waals surface area contributed by atoms with E-state index < -0.39 is 6.04 Å². The summed E-state index contributed by atoms with van der Waals surface area (Å²) in [5.74, 6) is 3.36. The van der Waals surface area contributed by atoms with E-state index >= 15 is 0 Å². The molecule has 0 saturated heterocycles. The highest BCUT2D eigenvalue weighted by Crippen LogP contribution is 2.65. The van der Waals surface area contributed by atoms with Gasteiger partial charge in [-0.2, -0.15) is 0 Å². The second-order valence-electron chi connectivity index (χ2n) is 6.02. The van der Waals surface area contributed by atoms with Crippen LogP contribution in [0, 0.1) is 23.7 Å². The van der Waals surface area contributed by atoms with Crippen LogP contribution in [0.25, 0.3) is 0 Å². The first-order chi connectivity index (χ1) is 8.75. The van der Waals surface area contributed by atoms with Crippen molar-refractivity contribution in [3.05, 3.63) is 22.4 Å². The normalized spacial score (nSPS) is 41.5. The molecule has 1 amide bonds. The lowest BCUT2D eigenvalue weighted by molar-refractivity contribution is -0.122. The van der Waals surface area contributed by atoms with E-state index in [1.165, 1.54) is 19.3 Å². The Bertz CT molecular complexity index is 456. The van der Waals surface area contributed by atoms with Crippen molar-refractivity contribution < 1.29 is 4.79 Å². The van der Waals surface area contributed by atoms with E-state index in [2.05, 4.69) is 5.32 Å². The first-order valence-corrected chi connectivity index (χ1v) is 7.73. The van der Waals surface area contributed by atoms with Crippen LogP contribution in [-0.2, 0) is 4.79 Å². The smallest absolute Gasteiger partial charge is 0.242 e. The average Bonchev–Trinajstić information content (AvgIpc) is 2.90. The van der Waals surface area contributed by atoms with Crippen LogP contribution >= 0.6 is 11.3 Å². The van der Waals surface area contributed by atoms with Crippen LogP contribution in [0.15, 0.2) is 17.5 Å². The summed E-state index contributed by atoms with van der Waals surface area (Å²) in [5, 5.41) is 5.15. The van der Waals surface area contributed by atoms with Gasteiger partial charge in [-0.1, -0.05) is 6.07 Å². The highest BCUT2D eigenvalue weighted by molar-refractivity contribution is 7.10. The molecule has 1 aromatic heterocycles. The van der Waals surface area contributed by atoms with E-state index in [-0.39, 0.29) is 5.91 Å². The van der Waals surface area contributed by atoms with Crippen LogP contribution in [0.3, 0.4) is 0 Å². The minimum atomic E-state index is -0.482. The number of nitrogens with two attached hydrogens (primary N) is 1. The summed E-state index contributed by atoms with van der Waals surface area (Å²) < 4.78 is 0. The van der Waals surface area contributed by atoms with Crippen molar-refractivity contribution in [1.29, 1.82) is 0 Å². The van der Waals surface area contributed by atoms with E-state index in [0.29, 0.717) is 6.04 Å². The van der Waals surface area contributed by atoms with Gasteiger partial charge in [0.1, 0.15) is 6.04 Å². The molecule has 96 valence electrons.